The zero-order chi connectivity index (χ0) is 33.1. The number of hydrogen-bond acceptors (Lipinski definition) is 9. The van der Waals surface area contributed by atoms with E-state index in [0.29, 0.717) is 6.61 Å². The Bertz CT molecular complexity index is 839. The molecule has 0 aromatic rings. The molecule has 0 amide bonds. The molecule has 0 saturated carbocycles. The van der Waals surface area contributed by atoms with Crippen LogP contribution in [0.25, 0.3) is 0 Å². The minimum atomic E-state index is -0.827. The van der Waals surface area contributed by atoms with Crippen molar-refractivity contribution in [3.63, 3.8) is 0 Å². The Labute approximate surface area is 273 Å². The van der Waals surface area contributed by atoms with E-state index >= 15 is 0 Å². The van der Waals surface area contributed by atoms with Crippen LogP contribution < -0.4 is 0 Å². The first kappa shape index (κ1) is 39.7. The number of aliphatic hydroxyl groups is 1. The van der Waals surface area contributed by atoms with E-state index in [-0.39, 0.29) is 49.3 Å². The number of hydrogen-bond donors (Lipinski definition) is 1. The standard InChI is InChI=1S/C36H64O9/c1-7-8-9-10-11-12-13-14-18-31(42-26-40-6)32-24-23-30(45-32)29(38)20-22-33(43-27(2)37)34-21-19-28(44-34)17-15-16-25-41-35(39)36(3,4)5/h20,22,28-34,38H,7-19,21,23-26H2,1-6H3/t28-,29-,30-,31-,32-,33+,34+/m1/s1. The molecule has 0 aromatic carbocycles. The summed E-state index contributed by atoms with van der Waals surface area (Å²) in [6, 6.07) is 0. The highest BCUT2D eigenvalue weighted by molar-refractivity contribution is 5.75. The molecule has 1 N–H and O–H groups in total. The van der Waals surface area contributed by atoms with Crippen LogP contribution in [0.4, 0.5) is 0 Å². The predicted molar refractivity (Wildman–Crippen MR) is 175 cm³/mol. The van der Waals surface area contributed by atoms with Crippen molar-refractivity contribution in [2.45, 2.75) is 180 Å². The van der Waals surface area contributed by atoms with Gasteiger partial charge in [-0.25, -0.2) is 0 Å². The molecule has 9 nitrogen and oxygen atoms in total. The normalized spacial score (nSPS) is 24.2. The molecule has 9 heteroatoms. The smallest absolute Gasteiger partial charge is 0.311 e. The summed E-state index contributed by atoms with van der Waals surface area (Å²) < 4.78 is 34.7. The van der Waals surface area contributed by atoms with Gasteiger partial charge in [-0.05, 0) is 78.2 Å². The van der Waals surface area contributed by atoms with Crippen molar-refractivity contribution in [2.24, 2.45) is 5.41 Å². The van der Waals surface area contributed by atoms with Gasteiger partial charge in [0.1, 0.15) is 12.9 Å². The van der Waals surface area contributed by atoms with E-state index in [9.17, 15) is 14.7 Å². The maximum atomic E-state index is 11.9. The van der Waals surface area contributed by atoms with Gasteiger partial charge in [-0.2, -0.15) is 0 Å². The molecule has 0 spiro atoms. The molecule has 0 unspecified atom stereocenters. The fourth-order valence-electron chi connectivity index (χ4n) is 6.05. The van der Waals surface area contributed by atoms with Crippen LogP contribution in [0.3, 0.4) is 0 Å². The molecule has 0 radical (unpaired) electrons. The van der Waals surface area contributed by atoms with Crippen LogP contribution >= 0.6 is 0 Å². The van der Waals surface area contributed by atoms with E-state index < -0.39 is 17.6 Å². The van der Waals surface area contributed by atoms with Gasteiger partial charge in [-0.15, -0.1) is 0 Å². The third-order valence-corrected chi connectivity index (χ3v) is 8.70. The Morgan fingerprint density at radius 3 is 2.20 bits per heavy atom. The highest BCUT2D eigenvalue weighted by atomic mass is 16.7. The number of unbranched alkanes of at least 4 members (excludes halogenated alkanes) is 8. The molecule has 2 aliphatic heterocycles. The van der Waals surface area contributed by atoms with Gasteiger partial charge in [-0.1, -0.05) is 64.4 Å². The molecule has 2 fully saturated rings. The molecule has 2 heterocycles. The van der Waals surface area contributed by atoms with Crippen molar-refractivity contribution in [3.8, 4) is 0 Å². The van der Waals surface area contributed by atoms with E-state index in [2.05, 4.69) is 6.92 Å². The lowest BCUT2D eigenvalue weighted by Crippen LogP contribution is -2.33. The molecule has 2 aliphatic rings. The minimum Gasteiger partial charge on any atom is -0.465 e. The fraction of sp³-hybridized carbons (Fsp3) is 0.889. The van der Waals surface area contributed by atoms with Crippen LogP contribution in [-0.4, -0.2) is 80.3 Å². The molecular weight excluding hydrogens is 576 g/mol. The topological polar surface area (TPSA) is 110 Å². The van der Waals surface area contributed by atoms with Crippen molar-refractivity contribution < 1.29 is 43.1 Å². The summed E-state index contributed by atoms with van der Waals surface area (Å²) in [5.41, 5.74) is -0.492. The van der Waals surface area contributed by atoms with Crippen molar-refractivity contribution >= 4 is 11.9 Å². The number of rotatable bonds is 23. The van der Waals surface area contributed by atoms with Crippen LogP contribution in [0.1, 0.15) is 137 Å². The molecule has 2 rings (SSSR count). The van der Waals surface area contributed by atoms with Crippen molar-refractivity contribution in [1.82, 2.24) is 0 Å². The summed E-state index contributed by atoms with van der Waals surface area (Å²) in [5, 5.41) is 11.0. The average Bonchev–Trinajstić information content (AvgIpc) is 3.68. The second kappa shape index (κ2) is 22.1. The maximum Gasteiger partial charge on any atom is 0.311 e. The summed E-state index contributed by atoms with van der Waals surface area (Å²) in [6.07, 6.45) is 18.0. The molecule has 262 valence electrons. The monoisotopic (exact) mass is 640 g/mol. The zero-order valence-electron chi connectivity index (χ0n) is 29.1. The SMILES string of the molecule is CCCCCCCCCC[C@@H](OCOC)[C@H]1CC[C@H]([C@H](O)C=C[C@H](OC(C)=O)[C@@H]2CC[C@@H](CCCCOC(=O)C(C)(C)C)O2)O1. The summed E-state index contributed by atoms with van der Waals surface area (Å²) in [4.78, 5) is 23.8. The van der Waals surface area contributed by atoms with E-state index in [1.165, 1.54) is 51.9 Å². The first-order valence-electron chi connectivity index (χ1n) is 17.7. The number of esters is 2. The van der Waals surface area contributed by atoms with Gasteiger partial charge in [0, 0.05) is 14.0 Å². The van der Waals surface area contributed by atoms with Gasteiger partial charge in [0.2, 0.25) is 0 Å². The van der Waals surface area contributed by atoms with E-state index in [0.717, 1.165) is 57.8 Å². The van der Waals surface area contributed by atoms with Crippen molar-refractivity contribution in [1.29, 1.82) is 0 Å². The Morgan fingerprint density at radius 2 is 1.53 bits per heavy atom. The number of aliphatic hydroxyl groups excluding tert-OH is 1. The van der Waals surface area contributed by atoms with E-state index in [1.807, 2.05) is 20.8 Å². The van der Waals surface area contributed by atoms with Gasteiger partial charge in [-0.3, -0.25) is 9.59 Å². The molecule has 0 aliphatic carbocycles. The first-order valence-corrected chi connectivity index (χ1v) is 17.7. The minimum absolute atomic E-state index is 0.0608. The highest BCUT2D eigenvalue weighted by Crippen LogP contribution is 2.31. The molecule has 0 bridgehead atoms. The van der Waals surface area contributed by atoms with Gasteiger partial charge in [0.15, 0.2) is 0 Å². The summed E-state index contributed by atoms with van der Waals surface area (Å²) in [7, 11) is 1.63. The second-order valence-corrected chi connectivity index (χ2v) is 13.9. The van der Waals surface area contributed by atoms with Gasteiger partial charge < -0.3 is 33.5 Å². The zero-order valence-corrected chi connectivity index (χ0v) is 29.1. The molecule has 45 heavy (non-hydrogen) atoms. The quantitative estimate of drug-likeness (QED) is 0.0536. The molecule has 0 aromatic heterocycles. The summed E-state index contributed by atoms with van der Waals surface area (Å²) in [5.74, 6) is -0.572. The number of ether oxygens (including phenoxy) is 6. The van der Waals surface area contributed by atoms with Crippen LogP contribution in [0.5, 0.6) is 0 Å². The fourth-order valence-corrected chi connectivity index (χ4v) is 6.05. The van der Waals surface area contributed by atoms with E-state index in [1.54, 1.807) is 19.3 Å². The lowest BCUT2D eigenvalue weighted by atomic mass is 9.97. The van der Waals surface area contributed by atoms with Crippen LogP contribution in [0.15, 0.2) is 12.2 Å². The Kier molecular flexibility index (Phi) is 19.5. The lowest BCUT2D eigenvalue weighted by molar-refractivity contribution is -0.153. The highest BCUT2D eigenvalue weighted by Gasteiger charge is 2.36. The molecular formula is C36H64O9. The lowest BCUT2D eigenvalue weighted by Gasteiger charge is -2.25. The van der Waals surface area contributed by atoms with Crippen molar-refractivity contribution in [3.05, 3.63) is 12.2 Å². The Balaban J connectivity index is 1.79. The maximum absolute atomic E-state index is 11.9. The van der Waals surface area contributed by atoms with Crippen LogP contribution in [-0.2, 0) is 38.0 Å². The predicted octanol–water partition coefficient (Wildman–Crippen LogP) is 7.21. The summed E-state index contributed by atoms with van der Waals surface area (Å²) in [6.45, 7) is 9.81. The van der Waals surface area contributed by atoms with Crippen molar-refractivity contribution in [2.75, 3.05) is 20.5 Å². The first-order chi connectivity index (χ1) is 21.5. The number of carbonyl (C=O) groups excluding carboxylic acids is 2. The van der Waals surface area contributed by atoms with Gasteiger partial charge >= 0.3 is 11.9 Å². The Hall–Kier alpha value is -1.52. The van der Waals surface area contributed by atoms with Gasteiger partial charge in [0.05, 0.1) is 48.6 Å². The third kappa shape index (κ3) is 16.2. The van der Waals surface area contributed by atoms with E-state index in [4.69, 9.17) is 28.4 Å². The van der Waals surface area contributed by atoms with Gasteiger partial charge in [0.25, 0.3) is 0 Å². The third-order valence-electron chi connectivity index (χ3n) is 8.70. The largest absolute Gasteiger partial charge is 0.465 e. The second-order valence-electron chi connectivity index (χ2n) is 13.9. The summed E-state index contributed by atoms with van der Waals surface area (Å²) >= 11 is 0. The molecule has 7 atom stereocenters. The van der Waals surface area contributed by atoms with Crippen LogP contribution in [0.2, 0.25) is 0 Å². The Morgan fingerprint density at radius 1 is 0.867 bits per heavy atom. The van der Waals surface area contributed by atoms with Crippen LogP contribution in [0, 0.1) is 5.41 Å². The number of carbonyl (C=O) groups is 2. The molecule has 2 saturated heterocycles. The average molecular weight is 641 g/mol. The number of methoxy groups -OCH3 is 1.